The lowest BCUT2D eigenvalue weighted by atomic mass is 10.0. The molecule has 92 valence electrons. The van der Waals surface area contributed by atoms with Gasteiger partial charge in [-0.15, -0.1) is 0 Å². The molecule has 0 amide bonds. The Labute approximate surface area is 105 Å². The van der Waals surface area contributed by atoms with Gasteiger partial charge in [-0.1, -0.05) is 0 Å². The van der Waals surface area contributed by atoms with Crippen LogP contribution >= 0.6 is 15.9 Å². The summed E-state index contributed by atoms with van der Waals surface area (Å²) in [6.07, 6.45) is -0.278. The topological polar surface area (TPSA) is 102 Å². The molecule has 0 fully saturated rings. The number of aromatic hydroxyl groups is 1. The molecule has 1 aliphatic heterocycles. The van der Waals surface area contributed by atoms with Crippen LogP contribution in [0, 0.1) is 0 Å². The highest BCUT2D eigenvalue weighted by atomic mass is 79.9. The molecule has 0 spiro atoms. The van der Waals surface area contributed by atoms with Crippen LogP contribution in [0.25, 0.3) is 0 Å². The molecule has 1 unspecified atom stereocenters. The van der Waals surface area contributed by atoms with Crippen LogP contribution in [-0.2, 0) is 4.79 Å². The van der Waals surface area contributed by atoms with Crippen LogP contribution in [0.4, 0.5) is 0 Å². The van der Waals surface area contributed by atoms with Gasteiger partial charge in [0.15, 0.2) is 11.5 Å². The molecule has 1 aromatic carbocycles. The average molecular weight is 304 g/mol. The Morgan fingerprint density at radius 1 is 1.59 bits per heavy atom. The van der Waals surface area contributed by atoms with Crippen molar-refractivity contribution in [3.8, 4) is 17.2 Å². The first-order valence-electron chi connectivity index (χ1n) is 4.79. The lowest BCUT2D eigenvalue weighted by Gasteiger charge is -2.13. The van der Waals surface area contributed by atoms with E-state index >= 15 is 0 Å². The third-order valence-electron chi connectivity index (χ3n) is 2.40. The monoisotopic (exact) mass is 303 g/mol. The minimum atomic E-state index is -1.04. The van der Waals surface area contributed by atoms with E-state index in [-0.39, 0.29) is 19.0 Å². The highest BCUT2D eigenvalue weighted by Gasteiger charge is 2.25. The molecule has 0 aliphatic carbocycles. The van der Waals surface area contributed by atoms with Crippen molar-refractivity contribution in [1.29, 1.82) is 0 Å². The molecule has 7 heteroatoms. The van der Waals surface area contributed by atoms with E-state index in [1.807, 2.05) is 0 Å². The minimum absolute atomic E-state index is 0.0605. The molecule has 6 nitrogen and oxygen atoms in total. The first-order valence-corrected chi connectivity index (χ1v) is 5.58. The number of halogens is 1. The van der Waals surface area contributed by atoms with Gasteiger partial charge >= 0.3 is 5.97 Å². The number of hydrogen-bond acceptors (Lipinski definition) is 5. The van der Waals surface area contributed by atoms with Crippen molar-refractivity contribution in [2.45, 2.75) is 12.5 Å². The molecule has 1 aliphatic rings. The Morgan fingerprint density at radius 2 is 2.29 bits per heavy atom. The van der Waals surface area contributed by atoms with Crippen LogP contribution in [0.1, 0.15) is 18.0 Å². The molecule has 0 radical (unpaired) electrons. The number of ether oxygens (including phenoxy) is 2. The molecular weight excluding hydrogens is 294 g/mol. The van der Waals surface area contributed by atoms with E-state index in [1.54, 1.807) is 0 Å². The molecule has 2 rings (SSSR count). The van der Waals surface area contributed by atoms with E-state index in [0.717, 1.165) is 0 Å². The molecule has 1 heterocycles. The molecular formula is C10H10BrNO5. The number of fused-ring (bicyclic) bond motifs is 1. The van der Waals surface area contributed by atoms with Crippen LogP contribution in [0.15, 0.2) is 10.5 Å². The number of carboxylic acid groups (broad SMARTS) is 1. The van der Waals surface area contributed by atoms with Crippen molar-refractivity contribution < 1.29 is 24.5 Å². The fourth-order valence-electron chi connectivity index (χ4n) is 1.59. The summed E-state index contributed by atoms with van der Waals surface area (Å²) in [5.74, 6) is -0.326. The number of rotatable bonds is 3. The Hall–Kier alpha value is -1.47. The number of hydrogen-bond donors (Lipinski definition) is 3. The summed E-state index contributed by atoms with van der Waals surface area (Å²) in [6.45, 7) is 0.0605. The second-order valence-electron chi connectivity index (χ2n) is 3.57. The van der Waals surface area contributed by atoms with Crippen molar-refractivity contribution in [1.82, 2.24) is 0 Å². The highest BCUT2D eigenvalue weighted by molar-refractivity contribution is 9.10. The van der Waals surface area contributed by atoms with Gasteiger partial charge in [0, 0.05) is 11.6 Å². The summed E-state index contributed by atoms with van der Waals surface area (Å²) in [7, 11) is 0. The number of phenols is 1. The van der Waals surface area contributed by atoms with E-state index in [0.29, 0.717) is 21.5 Å². The number of benzene rings is 1. The Kier molecular flexibility index (Phi) is 3.12. The van der Waals surface area contributed by atoms with Gasteiger partial charge in [-0.25, -0.2) is 0 Å². The number of carbonyl (C=O) groups is 1. The largest absolute Gasteiger partial charge is 0.506 e. The second-order valence-corrected chi connectivity index (χ2v) is 4.36. The second kappa shape index (κ2) is 4.42. The van der Waals surface area contributed by atoms with Crippen molar-refractivity contribution >= 4 is 21.9 Å². The fourth-order valence-corrected chi connectivity index (χ4v) is 2.13. The van der Waals surface area contributed by atoms with Crippen LogP contribution < -0.4 is 15.2 Å². The average Bonchev–Trinajstić information content (AvgIpc) is 2.70. The first-order chi connectivity index (χ1) is 8.00. The Morgan fingerprint density at radius 3 is 2.94 bits per heavy atom. The molecule has 4 N–H and O–H groups in total. The SMILES string of the molecule is NC(CC(=O)O)c1cc2c(c(Br)c1O)OCO2. The maximum absolute atomic E-state index is 10.6. The van der Waals surface area contributed by atoms with E-state index in [2.05, 4.69) is 15.9 Å². The predicted octanol–water partition coefficient (Wildman–Crippen LogP) is 1.36. The van der Waals surface area contributed by atoms with E-state index in [1.165, 1.54) is 6.07 Å². The summed E-state index contributed by atoms with van der Waals surface area (Å²) in [5.41, 5.74) is 6.01. The van der Waals surface area contributed by atoms with Crippen molar-refractivity contribution in [2.75, 3.05) is 6.79 Å². The zero-order valence-corrected chi connectivity index (χ0v) is 10.2. The molecule has 1 aromatic rings. The Bertz CT molecular complexity index is 476. The van der Waals surface area contributed by atoms with Crippen molar-refractivity contribution in [2.24, 2.45) is 5.73 Å². The molecule has 1 atom stereocenters. The van der Waals surface area contributed by atoms with Crippen LogP contribution in [0.3, 0.4) is 0 Å². The zero-order valence-electron chi connectivity index (χ0n) is 8.64. The summed E-state index contributed by atoms with van der Waals surface area (Å²) >= 11 is 3.16. The fraction of sp³-hybridized carbons (Fsp3) is 0.300. The third-order valence-corrected chi connectivity index (χ3v) is 3.14. The van der Waals surface area contributed by atoms with Gasteiger partial charge in [0.05, 0.1) is 6.42 Å². The van der Waals surface area contributed by atoms with Gasteiger partial charge in [0.1, 0.15) is 10.2 Å². The smallest absolute Gasteiger partial charge is 0.305 e. The van der Waals surface area contributed by atoms with Crippen LogP contribution in [0.5, 0.6) is 17.2 Å². The summed E-state index contributed by atoms with van der Waals surface area (Å²) in [5, 5.41) is 18.6. The van der Waals surface area contributed by atoms with Gasteiger partial charge in [-0.2, -0.15) is 0 Å². The highest BCUT2D eigenvalue weighted by Crippen LogP contribution is 2.47. The van der Waals surface area contributed by atoms with E-state index in [4.69, 9.17) is 20.3 Å². The zero-order chi connectivity index (χ0) is 12.6. The van der Waals surface area contributed by atoms with Gasteiger partial charge in [-0.3, -0.25) is 4.79 Å². The number of carboxylic acids is 1. The standard InChI is InChI=1S/C10H10BrNO5/c11-8-9(15)4(5(12)2-7(13)14)1-6-10(8)17-3-16-6/h1,5,15H,2-3,12H2,(H,13,14). The normalized spacial score (nSPS) is 14.7. The maximum atomic E-state index is 10.6. The van der Waals surface area contributed by atoms with Gasteiger partial charge in [0.2, 0.25) is 6.79 Å². The molecule has 0 aromatic heterocycles. The van der Waals surface area contributed by atoms with Crippen LogP contribution in [0.2, 0.25) is 0 Å². The summed E-state index contributed by atoms with van der Waals surface area (Å²) in [4.78, 5) is 10.6. The molecule has 0 saturated carbocycles. The molecule has 17 heavy (non-hydrogen) atoms. The van der Waals surface area contributed by atoms with Crippen LogP contribution in [-0.4, -0.2) is 23.0 Å². The Balaban J connectivity index is 2.41. The first kappa shape index (κ1) is 12.0. The number of nitrogens with two attached hydrogens (primary N) is 1. The van der Waals surface area contributed by atoms with Crippen molar-refractivity contribution in [3.05, 3.63) is 16.1 Å². The predicted molar refractivity (Wildman–Crippen MR) is 61.1 cm³/mol. The maximum Gasteiger partial charge on any atom is 0.305 e. The minimum Gasteiger partial charge on any atom is -0.506 e. The lowest BCUT2D eigenvalue weighted by Crippen LogP contribution is -2.15. The van der Waals surface area contributed by atoms with Gasteiger partial charge < -0.3 is 25.4 Å². The summed E-state index contributed by atoms with van der Waals surface area (Å²) < 4.78 is 10.6. The van der Waals surface area contributed by atoms with Gasteiger partial charge in [-0.05, 0) is 22.0 Å². The van der Waals surface area contributed by atoms with Gasteiger partial charge in [0.25, 0.3) is 0 Å². The van der Waals surface area contributed by atoms with E-state index < -0.39 is 12.0 Å². The quantitative estimate of drug-likeness (QED) is 0.779. The van der Waals surface area contributed by atoms with Crippen molar-refractivity contribution in [3.63, 3.8) is 0 Å². The summed E-state index contributed by atoms with van der Waals surface area (Å²) in [6, 6.07) is 0.689. The number of phenolic OH excluding ortho intramolecular Hbond substituents is 1. The molecule has 0 bridgehead atoms. The molecule has 0 saturated heterocycles. The van der Waals surface area contributed by atoms with E-state index in [9.17, 15) is 9.90 Å². The lowest BCUT2D eigenvalue weighted by molar-refractivity contribution is -0.137. The third kappa shape index (κ3) is 2.16. The number of aliphatic carboxylic acids is 1.